The average molecular weight is 482 g/mol. The van der Waals surface area contributed by atoms with E-state index < -0.39 is 98.4 Å². The van der Waals surface area contributed by atoms with Gasteiger partial charge in [0.15, 0.2) is 12.6 Å². The van der Waals surface area contributed by atoms with Crippen LogP contribution in [0.1, 0.15) is 27.7 Å². The van der Waals surface area contributed by atoms with Crippen molar-refractivity contribution in [3.8, 4) is 0 Å². The highest BCUT2D eigenvalue weighted by Gasteiger charge is 2.50. The van der Waals surface area contributed by atoms with Gasteiger partial charge in [-0.05, 0) is 0 Å². The van der Waals surface area contributed by atoms with E-state index in [4.69, 9.17) is 23.7 Å². The molecule has 2 fully saturated rings. The van der Waals surface area contributed by atoms with Crippen LogP contribution >= 0.6 is 0 Å². The zero-order valence-electron chi connectivity index (χ0n) is 18.9. The predicted octanol–water partition coefficient (Wildman–Crippen LogP) is -2.98. The Labute approximate surface area is 190 Å². The number of carbonyl (C=O) groups is 2. The van der Waals surface area contributed by atoms with Crippen molar-refractivity contribution >= 4 is 11.9 Å². The first-order chi connectivity index (χ1) is 15.3. The van der Waals surface area contributed by atoms with Crippen molar-refractivity contribution in [2.45, 2.75) is 89.1 Å². The van der Waals surface area contributed by atoms with Crippen LogP contribution in [0.15, 0.2) is 0 Å². The van der Waals surface area contributed by atoms with E-state index >= 15 is 0 Å². The smallest absolute Gasteiger partial charge is 0.308 e. The van der Waals surface area contributed by atoms with Crippen LogP contribution in [0.3, 0.4) is 0 Å². The Morgan fingerprint density at radius 3 is 1.27 bits per heavy atom. The standard InChI is InChI=1S/C20H34O13/c1-7(2)17(27)29-5-9-11(21)13(23)15(25)19(31-9)33-20-16(26)14(24)12(22)10(32-20)6-30-18(28)8(3)4/h7-16,19-26H,5-6H2,1-4H3/t9-,10-,11-,12-,13+,14+,15-,16-,19-,20-/m1/s1. The summed E-state index contributed by atoms with van der Waals surface area (Å²) < 4.78 is 26.2. The minimum Gasteiger partial charge on any atom is -0.463 e. The zero-order valence-corrected chi connectivity index (χ0v) is 18.9. The number of esters is 2. The predicted molar refractivity (Wildman–Crippen MR) is 106 cm³/mol. The van der Waals surface area contributed by atoms with Gasteiger partial charge in [-0.2, -0.15) is 0 Å². The third-order valence-electron chi connectivity index (χ3n) is 5.33. The van der Waals surface area contributed by atoms with Gasteiger partial charge in [-0.1, -0.05) is 27.7 Å². The largest absolute Gasteiger partial charge is 0.463 e. The molecule has 10 atom stereocenters. The molecule has 2 rings (SSSR count). The average Bonchev–Trinajstić information content (AvgIpc) is 2.77. The summed E-state index contributed by atoms with van der Waals surface area (Å²) in [6, 6.07) is 0. The van der Waals surface area contributed by atoms with Gasteiger partial charge in [0.2, 0.25) is 0 Å². The maximum Gasteiger partial charge on any atom is 0.308 e. The fraction of sp³-hybridized carbons (Fsp3) is 0.900. The van der Waals surface area contributed by atoms with Crippen molar-refractivity contribution < 1.29 is 63.9 Å². The first-order valence-corrected chi connectivity index (χ1v) is 10.7. The monoisotopic (exact) mass is 482 g/mol. The summed E-state index contributed by atoms with van der Waals surface area (Å²) in [5.74, 6) is -2.06. The number of aliphatic hydroxyl groups excluding tert-OH is 6. The van der Waals surface area contributed by atoms with Crippen molar-refractivity contribution in [3.63, 3.8) is 0 Å². The lowest BCUT2D eigenvalue weighted by Crippen LogP contribution is -2.64. The number of rotatable bonds is 8. The molecule has 0 aromatic rings. The molecule has 0 unspecified atom stereocenters. The van der Waals surface area contributed by atoms with Gasteiger partial charge in [-0.25, -0.2) is 0 Å². The molecule has 0 spiro atoms. The summed E-state index contributed by atoms with van der Waals surface area (Å²) in [5, 5.41) is 61.1. The Kier molecular flexibility index (Phi) is 9.96. The lowest BCUT2D eigenvalue weighted by Gasteiger charge is -2.44. The lowest BCUT2D eigenvalue weighted by atomic mass is 9.98. The van der Waals surface area contributed by atoms with Crippen molar-refractivity contribution in [1.82, 2.24) is 0 Å². The van der Waals surface area contributed by atoms with Crippen LogP contribution in [-0.2, 0) is 33.3 Å². The van der Waals surface area contributed by atoms with Gasteiger partial charge in [0.25, 0.3) is 0 Å². The van der Waals surface area contributed by atoms with Crippen molar-refractivity contribution in [3.05, 3.63) is 0 Å². The molecule has 0 bridgehead atoms. The quantitative estimate of drug-likeness (QED) is 0.191. The fourth-order valence-corrected chi connectivity index (χ4v) is 3.13. The molecule has 0 amide bonds. The molecule has 0 aromatic heterocycles. The second kappa shape index (κ2) is 11.8. The van der Waals surface area contributed by atoms with Crippen LogP contribution in [0.5, 0.6) is 0 Å². The summed E-state index contributed by atoms with van der Waals surface area (Å²) in [5.41, 5.74) is 0. The first-order valence-electron chi connectivity index (χ1n) is 10.7. The molecule has 0 radical (unpaired) electrons. The van der Waals surface area contributed by atoms with E-state index in [2.05, 4.69) is 0 Å². The van der Waals surface area contributed by atoms with Crippen LogP contribution in [0, 0.1) is 11.8 Å². The van der Waals surface area contributed by atoms with Gasteiger partial charge in [0.05, 0.1) is 11.8 Å². The number of carbonyl (C=O) groups excluding carboxylic acids is 2. The maximum absolute atomic E-state index is 11.7. The van der Waals surface area contributed by atoms with E-state index in [1.807, 2.05) is 0 Å². The first kappa shape index (κ1) is 27.8. The highest BCUT2D eigenvalue weighted by atomic mass is 16.8. The molecule has 0 saturated carbocycles. The van der Waals surface area contributed by atoms with Crippen LogP contribution in [0.4, 0.5) is 0 Å². The Balaban J connectivity index is 2.06. The molecular formula is C20H34O13. The van der Waals surface area contributed by atoms with Gasteiger partial charge in [-0.15, -0.1) is 0 Å². The second-order valence-corrected chi connectivity index (χ2v) is 8.73. The molecule has 13 nitrogen and oxygen atoms in total. The Morgan fingerprint density at radius 2 is 0.970 bits per heavy atom. The van der Waals surface area contributed by atoms with Crippen molar-refractivity contribution in [1.29, 1.82) is 0 Å². The molecule has 13 heteroatoms. The third kappa shape index (κ3) is 6.81. The minimum atomic E-state index is -1.80. The van der Waals surface area contributed by atoms with Crippen LogP contribution in [-0.4, -0.2) is 117 Å². The summed E-state index contributed by atoms with van der Waals surface area (Å²) in [6.07, 6.45) is -16.3. The maximum atomic E-state index is 11.7. The molecule has 2 aliphatic rings. The second-order valence-electron chi connectivity index (χ2n) is 8.73. The molecule has 2 aliphatic heterocycles. The molecule has 2 saturated heterocycles. The summed E-state index contributed by atoms with van der Waals surface area (Å²) in [6.45, 7) is 5.49. The summed E-state index contributed by atoms with van der Waals surface area (Å²) in [7, 11) is 0. The van der Waals surface area contributed by atoms with E-state index in [1.165, 1.54) is 0 Å². The fourth-order valence-electron chi connectivity index (χ4n) is 3.13. The normalized spacial score (nSPS) is 39.5. The number of hydrogen-bond donors (Lipinski definition) is 6. The Morgan fingerprint density at radius 1 is 0.636 bits per heavy atom. The highest BCUT2D eigenvalue weighted by Crippen LogP contribution is 2.28. The summed E-state index contributed by atoms with van der Waals surface area (Å²) >= 11 is 0. The number of ether oxygens (including phenoxy) is 5. The van der Waals surface area contributed by atoms with E-state index in [1.54, 1.807) is 27.7 Å². The molecule has 2 heterocycles. The van der Waals surface area contributed by atoms with Crippen LogP contribution in [0.2, 0.25) is 0 Å². The Bertz CT molecular complexity index is 602. The molecule has 0 aromatic carbocycles. The van der Waals surface area contributed by atoms with E-state index in [0.717, 1.165) is 0 Å². The van der Waals surface area contributed by atoms with Crippen LogP contribution in [0.25, 0.3) is 0 Å². The van der Waals surface area contributed by atoms with Crippen LogP contribution < -0.4 is 0 Å². The van der Waals surface area contributed by atoms with Gasteiger partial charge in [0.1, 0.15) is 62.0 Å². The molecule has 192 valence electrons. The van der Waals surface area contributed by atoms with E-state index in [-0.39, 0.29) is 0 Å². The molecule has 0 aliphatic carbocycles. The van der Waals surface area contributed by atoms with Gasteiger partial charge < -0.3 is 54.3 Å². The van der Waals surface area contributed by atoms with Gasteiger partial charge in [0, 0.05) is 0 Å². The SMILES string of the molecule is CC(C)C(=O)OC[C@H]1O[C@H](O[C@H]2O[C@H](COC(=O)C(C)C)[C@@H](O)[C@H](O)[C@H]2O)[C@H](O)[C@@H](O)[C@@H]1O. The van der Waals surface area contributed by atoms with E-state index in [9.17, 15) is 40.2 Å². The number of hydrogen-bond acceptors (Lipinski definition) is 13. The lowest BCUT2D eigenvalue weighted by molar-refractivity contribution is -0.376. The Hall–Kier alpha value is -1.42. The van der Waals surface area contributed by atoms with Gasteiger partial charge in [-0.3, -0.25) is 9.59 Å². The van der Waals surface area contributed by atoms with Crippen molar-refractivity contribution in [2.75, 3.05) is 13.2 Å². The topological polar surface area (TPSA) is 202 Å². The highest BCUT2D eigenvalue weighted by molar-refractivity contribution is 5.71. The zero-order chi connectivity index (χ0) is 25.0. The van der Waals surface area contributed by atoms with Crippen molar-refractivity contribution in [2.24, 2.45) is 11.8 Å². The molecular weight excluding hydrogens is 448 g/mol. The summed E-state index contributed by atoms with van der Waals surface area (Å²) in [4.78, 5) is 23.4. The van der Waals surface area contributed by atoms with E-state index in [0.29, 0.717) is 0 Å². The minimum absolute atomic E-state index is 0.450. The molecule has 6 N–H and O–H groups in total. The number of aliphatic hydroxyl groups is 6. The van der Waals surface area contributed by atoms with Gasteiger partial charge >= 0.3 is 11.9 Å². The third-order valence-corrected chi connectivity index (χ3v) is 5.33. The molecule has 33 heavy (non-hydrogen) atoms.